The van der Waals surface area contributed by atoms with Crippen molar-refractivity contribution in [2.24, 2.45) is 0 Å². The summed E-state index contributed by atoms with van der Waals surface area (Å²) in [5.74, 6) is -1.15. The van der Waals surface area contributed by atoms with Crippen molar-refractivity contribution in [1.82, 2.24) is 0 Å². The van der Waals surface area contributed by atoms with Crippen LogP contribution >= 0.6 is 0 Å². The predicted octanol–water partition coefficient (Wildman–Crippen LogP) is 0.906. The first-order valence-electron chi connectivity index (χ1n) is 4.51. The van der Waals surface area contributed by atoms with Crippen LogP contribution in [0.2, 0.25) is 0 Å². The van der Waals surface area contributed by atoms with Gasteiger partial charge >= 0.3 is 21.3 Å². The van der Waals surface area contributed by atoms with Crippen LogP contribution < -0.4 is 5.73 Å². The number of carbonyl (C=O) groups is 1. The molecular weight excluding hydrogens is 272 g/mol. The van der Waals surface area contributed by atoms with Crippen molar-refractivity contribution in [3.8, 4) is 0 Å². The molecule has 0 aliphatic heterocycles. The van der Waals surface area contributed by atoms with E-state index in [2.05, 4.69) is 4.74 Å². The number of ether oxygens (including phenoxy) is 1. The van der Waals surface area contributed by atoms with Crippen molar-refractivity contribution in [2.75, 3.05) is 12.3 Å². The molecule has 0 fully saturated rings. The molecule has 0 unspecified atom stereocenters. The Balaban J connectivity index is 2.70. The van der Waals surface area contributed by atoms with E-state index < -0.39 is 27.9 Å². The summed E-state index contributed by atoms with van der Waals surface area (Å²) >= 11 is 0. The fourth-order valence-corrected chi connectivity index (χ4v) is 1.13. The highest BCUT2D eigenvalue weighted by Gasteiger charge is 2.45. The lowest BCUT2D eigenvalue weighted by Crippen LogP contribution is -2.34. The van der Waals surface area contributed by atoms with E-state index in [0.29, 0.717) is 5.69 Å². The number of esters is 1. The van der Waals surface area contributed by atoms with Crippen molar-refractivity contribution in [3.63, 3.8) is 0 Å². The number of halogens is 2. The highest BCUT2D eigenvalue weighted by Crippen LogP contribution is 2.21. The molecule has 9 heteroatoms. The standard InChI is InChI=1S/C9H9F2NO5S/c10-9(11,18(14,15)16)5-17-8(13)6-1-3-7(12)4-2-6/h1-4H,5,12H2,(H,14,15,16). The fourth-order valence-electron chi connectivity index (χ4n) is 0.927. The molecule has 0 saturated carbocycles. The maximum Gasteiger partial charge on any atom is 0.402 e. The molecule has 0 spiro atoms. The normalized spacial score (nSPS) is 12.2. The van der Waals surface area contributed by atoms with Gasteiger partial charge in [-0.15, -0.1) is 0 Å². The predicted molar refractivity (Wildman–Crippen MR) is 57.6 cm³/mol. The molecule has 18 heavy (non-hydrogen) atoms. The second-order valence-electron chi connectivity index (χ2n) is 3.31. The molecule has 6 nitrogen and oxygen atoms in total. The van der Waals surface area contributed by atoms with Gasteiger partial charge in [0.15, 0.2) is 6.61 Å². The molecule has 0 aliphatic carbocycles. The lowest BCUT2D eigenvalue weighted by molar-refractivity contribution is -0.00950. The number of nitrogens with two attached hydrogens (primary N) is 1. The van der Waals surface area contributed by atoms with Crippen LogP contribution in [-0.2, 0) is 14.9 Å². The Morgan fingerprint density at radius 1 is 1.33 bits per heavy atom. The van der Waals surface area contributed by atoms with Gasteiger partial charge in [-0.1, -0.05) is 0 Å². The van der Waals surface area contributed by atoms with E-state index in [1.54, 1.807) is 0 Å². The second kappa shape index (κ2) is 4.86. The third-order valence-electron chi connectivity index (χ3n) is 1.90. The molecule has 3 N–H and O–H groups in total. The lowest BCUT2D eigenvalue weighted by atomic mass is 10.2. The number of nitrogen functional groups attached to an aromatic ring is 1. The zero-order chi connectivity index (χ0) is 14.0. The van der Waals surface area contributed by atoms with Gasteiger partial charge in [0, 0.05) is 5.69 Å². The molecule has 100 valence electrons. The first-order chi connectivity index (χ1) is 8.13. The summed E-state index contributed by atoms with van der Waals surface area (Å²) in [5, 5.41) is -4.55. The number of carbonyl (C=O) groups excluding carboxylic acids is 1. The summed E-state index contributed by atoms with van der Waals surface area (Å²) in [6.45, 7) is -1.77. The Hall–Kier alpha value is -1.74. The molecule has 1 rings (SSSR count). The quantitative estimate of drug-likeness (QED) is 0.482. The van der Waals surface area contributed by atoms with Crippen LogP contribution in [0, 0.1) is 0 Å². The average molecular weight is 281 g/mol. The number of anilines is 1. The van der Waals surface area contributed by atoms with Gasteiger partial charge in [-0.2, -0.15) is 17.2 Å². The summed E-state index contributed by atoms with van der Waals surface area (Å²) in [6, 6.07) is 5.14. The van der Waals surface area contributed by atoms with Gasteiger partial charge in [-0.3, -0.25) is 4.55 Å². The maximum atomic E-state index is 12.7. The van der Waals surface area contributed by atoms with Crippen LogP contribution in [0.4, 0.5) is 14.5 Å². The third kappa shape index (κ3) is 3.37. The molecule has 1 aromatic carbocycles. The largest absolute Gasteiger partial charge is 0.454 e. The molecule has 0 aromatic heterocycles. The van der Waals surface area contributed by atoms with Crippen LogP contribution in [0.5, 0.6) is 0 Å². The van der Waals surface area contributed by atoms with Crippen molar-refractivity contribution < 1.29 is 31.3 Å². The van der Waals surface area contributed by atoms with Crippen LogP contribution in [0.1, 0.15) is 10.4 Å². The van der Waals surface area contributed by atoms with Crippen LogP contribution in [0.3, 0.4) is 0 Å². The molecule has 0 saturated heterocycles. The van der Waals surface area contributed by atoms with Gasteiger partial charge in [0.1, 0.15) is 0 Å². The molecule has 1 aromatic rings. The molecule has 0 heterocycles. The Labute approximate surface area is 101 Å². The van der Waals surface area contributed by atoms with Crippen molar-refractivity contribution in [2.45, 2.75) is 5.25 Å². The van der Waals surface area contributed by atoms with Gasteiger partial charge in [0.2, 0.25) is 0 Å². The van der Waals surface area contributed by atoms with Gasteiger partial charge in [-0.25, -0.2) is 4.79 Å². The SMILES string of the molecule is Nc1ccc(C(=O)OCC(F)(F)S(=O)(=O)O)cc1. The number of benzene rings is 1. The van der Waals surface area contributed by atoms with Gasteiger partial charge in [0.25, 0.3) is 0 Å². The summed E-state index contributed by atoms with van der Waals surface area (Å²) in [5.41, 5.74) is 5.63. The average Bonchev–Trinajstić information content (AvgIpc) is 2.25. The first-order valence-corrected chi connectivity index (χ1v) is 5.95. The minimum atomic E-state index is -5.62. The Morgan fingerprint density at radius 3 is 2.28 bits per heavy atom. The molecule has 0 aliphatic rings. The third-order valence-corrected chi connectivity index (χ3v) is 2.77. The number of hydrogen-bond acceptors (Lipinski definition) is 5. The van der Waals surface area contributed by atoms with Gasteiger partial charge in [-0.05, 0) is 24.3 Å². The fraction of sp³-hybridized carbons (Fsp3) is 0.222. The Kier molecular flexibility index (Phi) is 3.87. The van der Waals surface area contributed by atoms with E-state index in [1.807, 2.05) is 0 Å². The molecule has 0 atom stereocenters. The number of hydrogen-bond donors (Lipinski definition) is 2. The van der Waals surface area contributed by atoms with Crippen LogP contribution in [0.15, 0.2) is 24.3 Å². The molecular formula is C9H9F2NO5S. The molecule has 0 bridgehead atoms. The minimum absolute atomic E-state index is 0.0738. The van der Waals surface area contributed by atoms with Crippen molar-refractivity contribution in [3.05, 3.63) is 29.8 Å². The topological polar surface area (TPSA) is 107 Å². The summed E-state index contributed by atoms with van der Waals surface area (Å²) in [6.07, 6.45) is 0. The van der Waals surface area contributed by atoms with E-state index >= 15 is 0 Å². The number of rotatable bonds is 4. The Morgan fingerprint density at radius 2 is 1.83 bits per heavy atom. The van der Waals surface area contributed by atoms with E-state index in [1.165, 1.54) is 24.3 Å². The van der Waals surface area contributed by atoms with E-state index in [4.69, 9.17) is 10.3 Å². The first kappa shape index (κ1) is 14.3. The molecule has 0 radical (unpaired) electrons. The zero-order valence-electron chi connectivity index (χ0n) is 8.84. The second-order valence-corrected chi connectivity index (χ2v) is 4.86. The number of alkyl halides is 2. The summed E-state index contributed by atoms with van der Waals surface area (Å²) in [7, 11) is -5.62. The van der Waals surface area contributed by atoms with E-state index in [-0.39, 0.29) is 5.56 Å². The van der Waals surface area contributed by atoms with Crippen molar-refractivity contribution >= 4 is 21.8 Å². The van der Waals surface area contributed by atoms with E-state index in [9.17, 15) is 22.0 Å². The maximum absolute atomic E-state index is 12.7. The highest BCUT2D eigenvalue weighted by atomic mass is 32.2. The molecule has 0 amide bonds. The monoisotopic (exact) mass is 281 g/mol. The highest BCUT2D eigenvalue weighted by molar-refractivity contribution is 7.86. The lowest BCUT2D eigenvalue weighted by Gasteiger charge is -2.12. The summed E-state index contributed by atoms with van der Waals surface area (Å²) in [4.78, 5) is 11.3. The van der Waals surface area contributed by atoms with E-state index in [0.717, 1.165) is 0 Å². The summed E-state index contributed by atoms with van der Waals surface area (Å²) < 4.78 is 58.2. The smallest absolute Gasteiger partial charge is 0.402 e. The van der Waals surface area contributed by atoms with Crippen LogP contribution in [-0.4, -0.2) is 30.8 Å². The zero-order valence-corrected chi connectivity index (χ0v) is 9.65. The van der Waals surface area contributed by atoms with Crippen LogP contribution in [0.25, 0.3) is 0 Å². The van der Waals surface area contributed by atoms with Crippen molar-refractivity contribution in [1.29, 1.82) is 0 Å². The van der Waals surface area contributed by atoms with Gasteiger partial charge < -0.3 is 10.5 Å². The minimum Gasteiger partial charge on any atom is -0.454 e. The Bertz CT molecular complexity index is 541. The van der Waals surface area contributed by atoms with Gasteiger partial charge in [0.05, 0.1) is 5.56 Å².